The van der Waals surface area contributed by atoms with Gasteiger partial charge in [-0.25, -0.2) is 4.98 Å². The van der Waals surface area contributed by atoms with Crippen LogP contribution in [0.3, 0.4) is 0 Å². The van der Waals surface area contributed by atoms with Crippen LogP contribution in [-0.4, -0.2) is 31.2 Å². The van der Waals surface area contributed by atoms with Gasteiger partial charge in [0.2, 0.25) is 0 Å². The van der Waals surface area contributed by atoms with Gasteiger partial charge >= 0.3 is 0 Å². The normalized spacial score (nSPS) is 14.2. The molecule has 0 spiro atoms. The van der Waals surface area contributed by atoms with Gasteiger partial charge in [-0.3, -0.25) is 0 Å². The van der Waals surface area contributed by atoms with E-state index >= 15 is 0 Å². The molecule has 2 N–H and O–H groups in total. The molecule has 4 rings (SSSR count). The summed E-state index contributed by atoms with van der Waals surface area (Å²) in [5, 5.41) is 6.43. The van der Waals surface area contributed by atoms with Crippen LogP contribution < -0.4 is 15.4 Å². The largest absolute Gasteiger partial charge is 0.490 e. The van der Waals surface area contributed by atoms with Gasteiger partial charge < -0.3 is 15.0 Å². The first kappa shape index (κ1) is 15.5. The summed E-state index contributed by atoms with van der Waals surface area (Å²) in [4.78, 5) is 8.03. The third kappa shape index (κ3) is 2.48. The van der Waals surface area contributed by atoms with E-state index in [-0.39, 0.29) is 0 Å². The standard InChI is InChI=1S/C18H20ClN3OSi/c1-24(2,3)18-15(16-12(19)6-7-21-17(16)22-18)11-4-5-14-13(10-11)20-8-9-23-14/h4-7,10,20H,8-9H2,1-3H3,(H,21,22). The predicted octanol–water partition coefficient (Wildman–Crippen LogP) is 4.23. The van der Waals surface area contributed by atoms with E-state index in [0.717, 1.165) is 39.6 Å². The number of ether oxygens (including phenoxy) is 1. The van der Waals surface area contributed by atoms with Gasteiger partial charge in [0.25, 0.3) is 0 Å². The molecule has 0 bridgehead atoms. The van der Waals surface area contributed by atoms with Crippen molar-refractivity contribution in [3.63, 3.8) is 0 Å². The van der Waals surface area contributed by atoms with Gasteiger partial charge in [-0.05, 0) is 23.8 Å². The highest BCUT2D eigenvalue weighted by atomic mass is 35.5. The Bertz CT molecular complexity index is 930. The predicted molar refractivity (Wildman–Crippen MR) is 104 cm³/mol. The number of rotatable bonds is 2. The Morgan fingerprint density at radius 2 is 2.04 bits per heavy atom. The van der Waals surface area contributed by atoms with Crippen molar-refractivity contribution in [1.29, 1.82) is 0 Å². The van der Waals surface area contributed by atoms with Crippen molar-refractivity contribution in [3.8, 4) is 16.9 Å². The highest BCUT2D eigenvalue weighted by molar-refractivity contribution is 6.89. The quantitative estimate of drug-likeness (QED) is 0.675. The number of hydrogen-bond donors (Lipinski definition) is 2. The zero-order valence-electron chi connectivity index (χ0n) is 14.0. The molecule has 0 radical (unpaired) electrons. The first-order valence-corrected chi connectivity index (χ1v) is 12.0. The van der Waals surface area contributed by atoms with E-state index in [1.54, 1.807) is 6.20 Å². The van der Waals surface area contributed by atoms with Crippen molar-refractivity contribution in [1.82, 2.24) is 9.97 Å². The van der Waals surface area contributed by atoms with Crippen LogP contribution in [-0.2, 0) is 0 Å². The minimum atomic E-state index is -1.61. The van der Waals surface area contributed by atoms with Crippen LogP contribution >= 0.6 is 11.6 Å². The number of benzene rings is 1. The molecule has 0 unspecified atom stereocenters. The van der Waals surface area contributed by atoms with Crippen molar-refractivity contribution in [2.45, 2.75) is 19.6 Å². The van der Waals surface area contributed by atoms with Crippen LogP contribution in [0.25, 0.3) is 22.2 Å². The van der Waals surface area contributed by atoms with Gasteiger partial charge in [-0.1, -0.05) is 37.3 Å². The Morgan fingerprint density at radius 1 is 1.21 bits per heavy atom. The second-order valence-corrected chi connectivity index (χ2v) is 12.5. The van der Waals surface area contributed by atoms with E-state index in [2.05, 4.69) is 47.1 Å². The van der Waals surface area contributed by atoms with Crippen LogP contribution in [0.2, 0.25) is 24.7 Å². The lowest BCUT2D eigenvalue weighted by molar-refractivity contribution is 0.323. The molecule has 0 saturated heterocycles. The third-order valence-corrected chi connectivity index (χ3v) is 6.53. The first-order chi connectivity index (χ1) is 11.4. The number of fused-ring (bicyclic) bond motifs is 2. The number of H-pyrrole nitrogens is 1. The van der Waals surface area contributed by atoms with E-state index < -0.39 is 8.07 Å². The molecule has 1 aromatic carbocycles. The van der Waals surface area contributed by atoms with Crippen molar-refractivity contribution < 1.29 is 4.74 Å². The number of aromatic nitrogens is 2. The summed E-state index contributed by atoms with van der Waals surface area (Å²) in [6, 6.07) is 8.16. The molecule has 1 aliphatic heterocycles. The average molecular weight is 358 g/mol. The highest BCUT2D eigenvalue weighted by Crippen LogP contribution is 2.37. The number of aromatic amines is 1. The average Bonchev–Trinajstić information content (AvgIpc) is 2.96. The fourth-order valence-corrected chi connectivity index (χ4v) is 4.98. The van der Waals surface area contributed by atoms with Gasteiger partial charge in [-0.2, -0.15) is 0 Å². The summed E-state index contributed by atoms with van der Waals surface area (Å²) in [5.74, 6) is 0.906. The molecule has 4 nitrogen and oxygen atoms in total. The maximum Gasteiger partial charge on any atom is 0.142 e. The van der Waals surface area contributed by atoms with Crippen molar-refractivity contribution in [3.05, 3.63) is 35.5 Å². The summed E-state index contributed by atoms with van der Waals surface area (Å²) in [6.07, 6.45) is 1.75. The number of pyridine rings is 1. The Hall–Kier alpha value is -1.98. The molecule has 24 heavy (non-hydrogen) atoms. The summed E-state index contributed by atoms with van der Waals surface area (Å²) >= 11 is 6.53. The van der Waals surface area contributed by atoms with Crippen LogP contribution in [0.5, 0.6) is 5.75 Å². The molecule has 0 amide bonds. The molecule has 2 aromatic heterocycles. The van der Waals surface area contributed by atoms with Gasteiger partial charge in [0.15, 0.2) is 0 Å². The van der Waals surface area contributed by atoms with Crippen molar-refractivity contribution >= 4 is 41.7 Å². The van der Waals surface area contributed by atoms with Gasteiger partial charge in [0, 0.05) is 29.0 Å². The molecule has 3 heterocycles. The van der Waals surface area contributed by atoms with E-state index in [0.29, 0.717) is 6.61 Å². The second kappa shape index (κ2) is 5.53. The minimum absolute atomic E-state index is 0.704. The molecule has 3 aromatic rings. The maximum absolute atomic E-state index is 6.53. The Labute approximate surface area is 147 Å². The fourth-order valence-electron chi connectivity index (χ4n) is 3.22. The van der Waals surface area contributed by atoms with Gasteiger partial charge in [-0.15, -0.1) is 0 Å². The van der Waals surface area contributed by atoms with E-state index in [1.165, 1.54) is 10.9 Å². The van der Waals surface area contributed by atoms with Crippen molar-refractivity contribution in [2.75, 3.05) is 18.5 Å². The molecule has 0 saturated carbocycles. The molecule has 0 aliphatic carbocycles. The minimum Gasteiger partial charge on any atom is -0.490 e. The van der Waals surface area contributed by atoms with Crippen LogP contribution in [0.15, 0.2) is 30.5 Å². The lowest BCUT2D eigenvalue weighted by Gasteiger charge is -2.21. The maximum atomic E-state index is 6.53. The lowest BCUT2D eigenvalue weighted by atomic mass is 10.0. The van der Waals surface area contributed by atoms with E-state index in [1.807, 2.05) is 12.1 Å². The Morgan fingerprint density at radius 3 is 2.83 bits per heavy atom. The number of nitrogens with zero attached hydrogens (tertiary/aromatic N) is 1. The molecule has 124 valence electrons. The number of nitrogens with one attached hydrogen (secondary N) is 2. The molecule has 1 aliphatic rings. The summed E-state index contributed by atoms with van der Waals surface area (Å²) < 4.78 is 5.70. The number of halogens is 1. The summed E-state index contributed by atoms with van der Waals surface area (Å²) in [5.41, 5.74) is 4.22. The molecule has 0 fully saturated rings. The van der Waals surface area contributed by atoms with E-state index in [9.17, 15) is 0 Å². The van der Waals surface area contributed by atoms with Crippen LogP contribution in [0, 0.1) is 0 Å². The summed E-state index contributed by atoms with van der Waals surface area (Å²) in [7, 11) is -1.61. The zero-order chi connectivity index (χ0) is 16.9. The molecular formula is C18H20ClN3OSi. The Kier molecular flexibility index (Phi) is 3.58. The SMILES string of the molecule is C[Si](C)(C)c1[nH]c2nccc(Cl)c2c1-c1ccc2c(c1)NCCO2. The van der Waals surface area contributed by atoms with Crippen LogP contribution in [0.1, 0.15) is 0 Å². The second-order valence-electron chi connectivity index (χ2n) is 7.13. The Balaban J connectivity index is 2.01. The topological polar surface area (TPSA) is 49.9 Å². The lowest BCUT2D eigenvalue weighted by Crippen LogP contribution is -2.39. The monoisotopic (exact) mass is 357 g/mol. The molecule has 0 atom stereocenters. The van der Waals surface area contributed by atoms with Crippen molar-refractivity contribution in [2.24, 2.45) is 0 Å². The number of anilines is 1. The molecular weight excluding hydrogens is 338 g/mol. The van der Waals surface area contributed by atoms with Gasteiger partial charge in [0.1, 0.15) is 18.0 Å². The van der Waals surface area contributed by atoms with Gasteiger partial charge in [0.05, 0.1) is 18.8 Å². The highest BCUT2D eigenvalue weighted by Gasteiger charge is 2.27. The van der Waals surface area contributed by atoms with Crippen LogP contribution in [0.4, 0.5) is 5.69 Å². The molecule has 6 heteroatoms. The fraction of sp³-hybridized carbons (Fsp3) is 0.278. The smallest absolute Gasteiger partial charge is 0.142 e. The van der Waals surface area contributed by atoms with E-state index in [4.69, 9.17) is 16.3 Å². The summed E-state index contributed by atoms with van der Waals surface area (Å²) in [6.45, 7) is 8.52. The third-order valence-electron chi connectivity index (χ3n) is 4.34. The first-order valence-electron chi connectivity index (χ1n) is 8.13. The number of hydrogen-bond acceptors (Lipinski definition) is 3. The zero-order valence-corrected chi connectivity index (χ0v) is 15.8.